The molecule has 0 radical (unpaired) electrons. The van der Waals surface area contributed by atoms with E-state index in [9.17, 15) is 24.2 Å². The molecule has 3 heterocycles. The molecule has 9 heteroatoms. The minimum atomic E-state index is -1.27. The molecule has 2 aromatic rings. The van der Waals surface area contributed by atoms with E-state index in [1.807, 2.05) is 39.0 Å². The molecule has 7 atom stereocenters. The number of hydrogen-bond acceptors (Lipinski definition) is 7. The Morgan fingerprint density at radius 3 is 2.53 bits per heavy atom. The summed E-state index contributed by atoms with van der Waals surface area (Å²) in [5.74, 6) is -1.93. The summed E-state index contributed by atoms with van der Waals surface area (Å²) in [5.41, 5.74) is 2.09. The number of nitrogens with zero attached hydrogens (tertiary/aromatic N) is 2. The first-order valence-electron chi connectivity index (χ1n) is 15.4. The molecule has 1 aromatic heterocycles. The van der Waals surface area contributed by atoms with Crippen molar-refractivity contribution in [3.8, 4) is 5.69 Å². The van der Waals surface area contributed by atoms with E-state index in [0.29, 0.717) is 23.4 Å². The number of hydrogen-bond donors (Lipinski definition) is 3. The van der Waals surface area contributed by atoms with Gasteiger partial charge < -0.3 is 20.3 Å². The Morgan fingerprint density at radius 1 is 1.16 bits per heavy atom. The van der Waals surface area contributed by atoms with Crippen LogP contribution in [0.3, 0.4) is 0 Å². The number of aromatic nitrogens is 2. The lowest BCUT2D eigenvalue weighted by Gasteiger charge is -2.34. The number of aliphatic hydroxyl groups is 2. The van der Waals surface area contributed by atoms with Gasteiger partial charge in [-0.2, -0.15) is 5.10 Å². The van der Waals surface area contributed by atoms with Crippen LogP contribution in [0.25, 0.3) is 11.8 Å². The van der Waals surface area contributed by atoms with Crippen molar-refractivity contribution in [3.63, 3.8) is 0 Å². The van der Waals surface area contributed by atoms with Crippen LogP contribution in [-0.2, 0) is 14.3 Å². The number of halogens is 1. The van der Waals surface area contributed by atoms with Crippen molar-refractivity contribution in [1.82, 2.24) is 15.1 Å². The van der Waals surface area contributed by atoms with Gasteiger partial charge in [0.2, 0.25) is 0 Å². The van der Waals surface area contributed by atoms with Crippen LogP contribution >= 0.6 is 0 Å². The third-order valence-electron chi connectivity index (χ3n) is 9.80. The number of cyclic esters (lactones) is 1. The summed E-state index contributed by atoms with van der Waals surface area (Å²) in [4.78, 5) is 26.6. The van der Waals surface area contributed by atoms with Crippen molar-refractivity contribution >= 4 is 17.8 Å². The van der Waals surface area contributed by atoms with E-state index in [2.05, 4.69) is 17.3 Å². The van der Waals surface area contributed by atoms with Crippen LogP contribution in [0.5, 0.6) is 0 Å². The smallest absolute Gasteiger partial charge is 0.309 e. The van der Waals surface area contributed by atoms with Crippen LogP contribution in [0, 0.1) is 36.9 Å². The summed E-state index contributed by atoms with van der Waals surface area (Å²) in [7, 11) is 0. The predicted octanol–water partition coefficient (Wildman–Crippen LogP) is 5.23. The van der Waals surface area contributed by atoms with E-state index < -0.39 is 35.6 Å². The third kappa shape index (κ3) is 7.27. The van der Waals surface area contributed by atoms with Gasteiger partial charge in [0.25, 0.3) is 0 Å². The highest BCUT2D eigenvalue weighted by molar-refractivity contribution is 5.88. The number of carbonyl (C=O) groups is 2. The standard InChI is InChI=1S/C34H48FN3O5/c1-19-11-12-25(16-26(19)35)38-22(4)15-24(37-38)14-21(3)27-17-28-34(8,36-28)13-9-10-20(2)31(41)23(5)32(42)33(6,7)29(39)18-30(40)43-27/h11-12,14-16,20,23,27-29,31,36,39,41H,9-10,13,17-18H2,1-8H3/b21-14+/t20-,23+,27-,28-,29-,31-,34+/m0/s1. The molecule has 0 unspecified atom stereocenters. The summed E-state index contributed by atoms with van der Waals surface area (Å²) in [5, 5.41) is 30.2. The third-order valence-corrected chi connectivity index (χ3v) is 9.80. The molecule has 0 aliphatic carbocycles. The quantitative estimate of drug-likeness (QED) is 0.327. The fourth-order valence-corrected chi connectivity index (χ4v) is 6.31. The van der Waals surface area contributed by atoms with Crippen LogP contribution in [0.4, 0.5) is 4.39 Å². The molecule has 236 valence electrons. The lowest BCUT2D eigenvalue weighted by Crippen LogP contribution is -2.45. The van der Waals surface area contributed by atoms with Gasteiger partial charge in [0, 0.05) is 29.6 Å². The molecule has 43 heavy (non-hydrogen) atoms. The highest BCUT2D eigenvalue weighted by Gasteiger charge is 2.50. The predicted molar refractivity (Wildman–Crippen MR) is 164 cm³/mol. The lowest BCUT2D eigenvalue weighted by molar-refractivity contribution is -0.154. The van der Waals surface area contributed by atoms with Crippen LogP contribution in [0.15, 0.2) is 29.8 Å². The van der Waals surface area contributed by atoms with Crippen LogP contribution in [0.2, 0.25) is 0 Å². The van der Waals surface area contributed by atoms with Gasteiger partial charge >= 0.3 is 5.97 Å². The first kappa shape index (κ1) is 33.0. The Labute approximate surface area is 254 Å². The first-order chi connectivity index (χ1) is 20.0. The van der Waals surface area contributed by atoms with Crippen molar-refractivity contribution in [2.75, 3.05) is 0 Å². The molecule has 0 spiro atoms. The Morgan fingerprint density at radius 2 is 1.86 bits per heavy atom. The van der Waals surface area contributed by atoms with Gasteiger partial charge in [0.1, 0.15) is 17.7 Å². The number of ether oxygens (including phenoxy) is 1. The monoisotopic (exact) mass is 597 g/mol. The van der Waals surface area contributed by atoms with Gasteiger partial charge in [0.05, 0.1) is 35.4 Å². The number of aliphatic hydroxyl groups excluding tert-OH is 2. The fourth-order valence-electron chi connectivity index (χ4n) is 6.31. The number of nitrogens with one attached hydrogen (secondary N) is 1. The zero-order valence-electron chi connectivity index (χ0n) is 26.8. The second-order valence-electron chi connectivity index (χ2n) is 13.7. The van der Waals surface area contributed by atoms with Gasteiger partial charge in [-0.05, 0) is 81.9 Å². The molecular weight excluding hydrogens is 549 g/mol. The van der Waals surface area contributed by atoms with Gasteiger partial charge in [-0.3, -0.25) is 9.59 Å². The van der Waals surface area contributed by atoms with Crippen molar-refractivity contribution < 1.29 is 28.9 Å². The van der Waals surface area contributed by atoms with Gasteiger partial charge in [-0.15, -0.1) is 0 Å². The van der Waals surface area contributed by atoms with E-state index in [4.69, 9.17) is 4.74 Å². The molecule has 8 nitrogen and oxygen atoms in total. The highest BCUT2D eigenvalue weighted by atomic mass is 19.1. The molecule has 2 saturated heterocycles. The molecule has 4 rings (SSSR count). The zero-order valence-corrected chi connectivity index (χ0v) is 26.8. The first-order valence-corrected chi connectivity index (χ1v) is 15.4. The zero-order chi connectivity index (χ0) is 31.9. The molecule has 3 N–H and O–H groups in total. The molecular formula is C34H48FN3O5. The number of rotatable bonds is 3. The van der Waals surface area contributed by atoms with Crippen LogP contribution in [0.1, 0.15) is 90.6 Å². The topological polar surface area (TPSA) is 124 Å². The Balaban J connectivity index is 1.60. The molecule has 2 aliphatic heterocycles. The largest absolute Gasteiger partial charge is 0.458 e. The number of fused-ring (bicyclic) bond motifs is 1. The maximum absolute atomic E-state index is 14.2. The Hall–Kier alpha value is -2.88. The van der Waals surface area contributed by atoms with Crippen LogP contribution < -0.4 is 5.32 Å². The van der Waals surface area contributed by atoms with E-state index in [1.54, 1.807) is 38.4 Å². The number of esters is 1. The molecule has 2 aliphatic rings. The Kier molecular flexibility index (Phi) is 9.69. The second-order valence-corrected chi connectivity index (χ2v) is 13.7. The summed E-state index contributed by atoms with van der Waals surface area (Å²) < 4.78 is 21.9. The summed E-state index contributed by atoms with van der Waals surface area (Å²) >= 11 is 0. The average molecular weight is 598 g/mol. The number of Topliss-reactive ketones (excluding diaryl/α,β-unsaturated/α-hetero) is 1. The number of aryl methyl sites for hydroxylation is 2. The van der Waals surface area contributed by atoms with E-state index >= 15 is 0 Å². The highest BCUT2D eigenvalue weighted by Crippen LogP contribution is 2.38. The van der Waals surface area contributed by atoms with Gasteiger partial charge in [0.15, 0.2) is 0 Å². The SMILES string of the molecule is C/C(=C\c1cc(C)n(-c2ccc(C)c(F)c2)n1)[C@@H]1C[C@@H]2N[C@]2(C)CCC[C@H](C)[C@H](O)[C@@H](C)C(=O)C(C)(C)[C@@H](O)CC(=O)O1. The molecule has 2 fully saturated rings. The molecule has 0 bridgehead atoms. The lowest BCUT2D eigenvalue weighted by atomic mass is 9.73. The maximum Gasteiger partial charge on any atom is 0.309 e. The summed E-state index contributed by atoms with van der Waals surface area (Å²) in [6.45, 7) is 14.5. The number of benzene rings is 1. The molecule has 0 amide bonds. The van der Waals surface area contributed by atoms with Crippen molar-refractivity contribution in [2.45, 2.75) is 117 Å². The molecule has 1 aromatic carbocycles. The minimum Gasteiger partial charge on any atom is -0.458 e. The second kappa shape index (κ2) is 12.6. The van der Waals surface area contributed by atoms with Crippen molar-refractivity contribution in [1.29, 1.82) is 0 Å². The van der Waals surface area contributed by atoms with Crippen molar-refractivity contribution in [2.24, 2.45) is 17.3 Å². The molecule has 0 saturated carbocycles. The van der Waals surface area contributed by atoms with E-state index in [-0.39, 0.29) is 35.5 Å². The van der Waals surface area contributed by atoms with Gasteiger partial charge in [-0.25, -0.2) is 9.07 Å². The number of ketones is 1. The van der Waals surface area contributed by atoms with Crippen molar-refractivity contribution in [3.05, 3.63) is 52.6 Å². The maximum atomic E-state index is 14.2. The van der Waals surface area contributed by atoms with Gasteiger partial charge in [-0.1, -0.05) is 40.2 Å². The average Bonchev–Trinajstić information content (AvgIpc) is 3.42. The fraction of sp³-hybridized carbons (Fsp3) is 0.618. The summed E-state index contributed by atoms with van der Waals surface area (Å²) in [6.07, 6.45) is 1.94. The normalized spacial score (nSPS) is 32.7. The van der Waals surface area contributed by atoms with Crippen LogP contribution in [-0.4, -0.2) is 61.6 Å². The minimum absolute atomic E-state index is 0.0804. The Bertz CT molecular complexity index is 1380. The summed E-state index contributed by atoms with van der Waals surface area (Å²) in [6, 6.07) is 7.02. The number of carbonyl (C=O) groups excluding carboxylic acids is 2. The van der Waals surface area contributed by atoms with E-state index in [0.717, 1.165) is 30.5 Å². The van der Waals surface area contributed by atoms with E-state index in [1.165, 1.54) is 6.07 Å².